The van der Waals surface area contributed by atoms with Crippen LogP contribution in [-0.4, -0.2) is 53.8 Å². The van der Waals surface area contributed by atoms with E-state index in [1.54, 1.807) is 23.1 Å². The van der Waals surface area contributed by atoms with Gasteiger partial charge in [0.05, 0.1) is 24.3 Å². The third-order valence-electron chi connectivity index (χ3n) is 4.91. The summed E-state index contributed by atoms with van der Waals surface area (Å²) in [6.07, 6.45) is 4.26. The molecule has 2 fully saturated rings. The number of rotatable bonds is 3. The molecule has 7 nitrogen and oxygen atoms in total. The molecule has 0 atom stereocenters. The Morgan fingerprint density at radius 3 is 2.37 bits per heavy atom. The summed E-state index contributed by atoms with van der Waals surface area (Å²) in [6.45, 7) is 2.32. The Hall–Kier alpha value is -2.77. The molecule has 0 unspecified atom stereocenters. The van der Waals surface area contributed by atoms with Gasteiger partial charge in [0.2, 0.25) is 0 Å². The van der Waals surface area contributed by atoms with Crippen LogP contribution in [0.4, 0.5) is 5.69 Å². The molecule has 2 aliphatic heterocycles. The van der Waals surface area contributed by atoms with Gasteiger partial charge in [-0.05, 0) is 18.2 Å². The zero-order valence-electron chi connectivity index (χ0n) is 14.9. The molecule has 0 bridgehead atoms. The van der Waals surface area contributed by atoms with Gasteiger partial charge < -0.3 is 19.7 Å². The number of aromatic nitrogens is 1. The minimum absolute atomic E-state index is 0.135. The number of nitrogens with one attached hydrogen (secondary N) is 1. The first-order valence-electron chi connectivity index (χ1n) is 9.04. The normalized spacial score (nSPS) is 18.4. The van der Waals surface area contributed by atoms with Crippen LogP contribution in [0.15, 0.2) is 48.8 Å². The van der Waals surface area contributed by atoms with Crippen LogP contribution in [0.3, 0.4) is 0 Å². The maximum absolute atomic E-state index is 12.8. The van der Waals surface area contributed by atoms with Crippen molar-refractivity contribution in [3.63, 3.8) is 0 Å². The quantitative estimate of drug-likeness (QED) is 0.900. The zero-order valence-corrected chi connectivity index (χ0v) is 14.9. The number of anilines is 1. The molecule has 1 aromatic carbocycles. The van der Waals surface area contributed by atoms with Crippen LogP contribution >= 0.6 is 0 Å². The largest absolute Gasteiger partial charge is 0.347 e. The topological polar surface area (TPSA) is 80.8 Å². The second-order valence-electron chi connectivity index (χ2n) is 6.68. The van der Waals surface area contributed by atoms with Gasteiger partial charge in [-0.3, -0.25) is 14.6 Å². The molecule has 2 amide bonds. The van der Waals surface area contributed by atoms with Gasteiger partial charge in [-0.2, -0.15) is 0 Å². The van der Waals surface area contributed by atoms with Gasteiger partial charge in [-0.15, -0.1) is 0 Å². The predicted molar refractivity (Wildman–Crippen MR) is 98.4 cm³/mol. The molecule has 1 aromatic heterocycles. The van der Waals surface area contributed by atoms with E-state index in [9.17, 15) is 9.59 Å². The van der Waals surface area contributed by atoms with Crippen molar-refractivity contribution >= 4 is 17.5 Å². The van der Waals surface area contributed by atoms with Gasteiger partial charge in [-0.25, -0.2) is 0 Å². The monoisotopic (exact) mass is 367 g/mol. The van der Waals surface area contributed by atoms with Crippen LogP contribution in [0.25, 0.3) is 0 Å². The van der Waals surface area contributed by atoms with Gasteiger partial charge in [-0.1, -0.05) is 18.2 Å². The Labute approximate surface area is 157 Å². The lowest BCUT2D eigenvalue weighted by atomic mass is 10.0. The fourth-order valence-electron chi connectivity index (χ4n) is 3.42. The summed E-state index contributed by atoms with van der Waals surface area (Å²) in [5.74, 6) is -0.953. The van der Waals surface area contributed by atoms with Crippen molar-refractivity contribution < 1.29 is 19.1 Å². The fraction of sp³-hybridized carbons (Fsp3) is 0.350. The molecule has 2 aromatic rings. The highest BCUT2D eigenvalue weighted by Crippen LogP contribution is 2.31. The molecule has 0 aliphatic carbocycles. The van der Waals surface area contributed by atoms with Crippen molar-refractivity contribution in [2.45, 2.75) is 18.6 Å². The number of hydrogen-bond acceptors (Lipinski definition) is 5. The molecular formula is C20H21N3O4. The van der Waals surface area contributed by atoms with Gasteiger partial charge in [0.25, 0.3) is 11.8 Å². The molecule has 27 heavy (non-hydrogen) atoms. The molecule has 1 N–H and O–H groups in total. The molecular weight excluding hydrogens is 346 g/mol. The highest BCUT2D eigenvalue weighted by Gasteiger charge is 2.40. The molecule has 4 rings (SSSR count). The summed E-state index contributed by atoms with van der Waals surface area (Å²) in [6, 6.07) is 10.7. The lowest BCUT2D eigenvalue weighted by molar-refractivity contribution is -0.181. The highest BCUT2D eigenvalue weighted by molar-refractivity contribution is 6.05. The Kier molecular flexibility index (Phi) is 4.87. The molecule has 1 spiro atoms. The second-order valence-corrected chi connectivity index (χ2v) is 6.68. The van der Waals surface area contributed by atoms with E-state index in [0.717, 1.165) is 0 Å². The van der Waals surface area contributed by atoms with Crippen molar-refractivity contribution in [1.82, 2.24) is 9.88 Å². The number of amides is 2. The summed E-state index contributed by atoms with van der Waals surface area (Å²) in [5.41, 5.74) is 1.44. The number of para-hydroxylation sites is 1. The van der Waals surface area contributed by atoms with E-state index in [1.165, 1.54) is 12.4 Å². The van der Waals surface area contributed by atoms with E-state index < -0.39 is 5.79 Å². The van der Waals surface area contributed by atoms with Crippen LogP contribution in [0.1, 0.15) is 33.6 Å². The Morgan fingerprint density at radius 2 is 1.67 bits per heavy atom. The summed E-state index contributed by atoms with van der Waals surface area (Å²) in [4.78, 5) is 31.1. The smallest absolute Gasteiger partial charge is 0.257 e. The van der Waals surface area contributed by atoms with Crippen LogP contribution in [0, 0.1) is 0 Å². The van der Waals surface area contributed by atoms with E-state index >= 15 is 0 Å². The number of hydrogen-bond donors (Lipinski definition) is 1. The number of likely N-dealkylation sites (tertiary alicyclic amines) is 1. The molecule has 0 saturated carbocycles. The number of piperidine rings is 1. The molecule has 7 heteroatoms. The third kappa shape index (κ3) is 3.84. The SMILES string of the molecule is O=C(Nc1ccccc1)c1cncc(C(=O)N2CCC3(CC2)OCCO3)c1. The summed E-state index contributed by atoms with van der Waals surface area (Å²) in [5, 5.41) is 2.80. The molecule has 2 aliphatic rings. The Balaban J connectivity index is 1.42. The first-order valence-corrected chi connectivity index (χ1v) is 9.04. The number of pyridine rings is 1. The summed E-state index contributed by atoms with van der Waals surface area (Å²) >= 11 is 0. The molecule has 3 heterocycles. The predicted octanol–water partition coefficient (Wildman–Crippen LogP) is 2.31. The van der Waals surface area contributed by atoms with Crippen molar-refractivity contribution in [2.24, 2.45) is 0 Å². The molecule has 2 saturated heterocycles. The average Bonchev–Trinajstić information content (AvgIpc) is 3.17. The Morgan fingerprint density at radius 1 is 1.00 bits per heavy atom. The minimum Gasteiger partial charge on any atom is -0.347 e. The standard InChI is InChI=1S/C20H21N3O4/c24-18(22-17-4-2-1-3-5-17)15-12-16(14-21-13-15)19(25)23-8-6-20(7-9-23)26-10-11-27-20/h1-5,12-14H,6-11H2,(H,22,24). The fourth-order valence-corrected chi connectivity index (χ4v) is 3.42. The lowest BCUT2D eigenvalue weighted by Gasteiger charge is -2.37. The van der Waals surface area contributed by atoms with E-state index in [1.807, 2.05) is 18.2 Å². The number of benzene rings is 1. The van der Waals surface area contributed by atoms with Crippen LogP contribution in [0.5, 0.6) is 0 Å². The van der Waals surface area contributed by atoms with Gasteiger partial charge >= 0.3 is 0 Å². The summed E-state index contributed by atoms with van der Waals surface area (Å²) < 4.78 is 11.4. The van der Waals surface area contributed by atoms with Crippen LogP contribution in [-0.2, 0) is 9.47 Å². The first-order chi connectivity index (χ1) is 13.2. The highest BCUT2D eigenvalue weighted by atomic mass is 16.7. The summed E-state index contributed by atoms with van der Waals surface area (Å²) in [7, 11) is 0. The molecule has 140 valence electrons. The third-order valence-corrected chi connectivity index (χ3v) is 4.91. The maximum atomic E-state index is 12.8. The van der Waals surface area contributed by atoms with Crippen LogP contribution in [0.2, 0.25) is 0 Å². The van der Waals surface area contributed by atoms with Gasteiger partial charge in [0.15, 0.2) is 5.79 Å². The maximum Gasteiger partial charge on any atom is 0.257 e. The molecule has 0 radical (unpaired) electrons. The minimum atomic E-state index is -0.521. The number of carbonyl (C=O) groups excluding carboxylic acids is 2. The van der Waals surface area contributed by atoms with E-state index in [2.05, 4.69) is 10.3 Å². The Bertz CT molecular complexity index is 824. The van der Waals surface area contributed by atoms with Crippen LogP contribution < -0.4 is 5.32 Å². The zero-order chi connectivity index (χ0) is 18.7. The van der Waals surface area contributed by atoms with Crippen molar-refractivity contribution in [3.05, 3.63) is 59.9 Å². The average molecular weight is 367 g/mol. The number of ether oxygens (including phenoxy) is 2. The second kappa shape index (κ2) is 7.46. The van der Waals surface area contributed by atoms with Crippen molar-refractivity contribution in [1.29, 1.82) is 0 Å². The van der Waals surface area contributed by atoms with Gasteiger partial charge in [0.1, 0.15) is 0 Å². The van der Waals surface area contributed by atoms with E-state index in [-0.39, 0.29) is 11.8 Å². The number of nitrogens with zero attached hydrogens (tertiary/aromatic N) is 2. The van der Waals surface area contributed by atoms with Gasteiger partial charge in [0, 0.05) is 44.0 Å². The van der Waals surface area contributed by atoms with Crippen molar-refractivity contribution in [3.8, 4) is 0 Å². The van der Waals surface area contributed by atoms with E-state index in [4.69, 9.17) is 9.47 Å². The first kappa shape index (κ1) is 17.6. The lowest BCUT2D eigenvalue weighted by Crippen LogP contribution is -2.47. The van der Waals surface area contributed by atoms with E-state index in [0.29, 0.717) is 56.0 Å². The van der Waals surface area contributed by atoms with Crippen molar-refractivity contribution in [2.75, 3.05) is 31.6 Å². The number of carbonyl (C=O) groups is 2.